The number of aliphatic hydroxyl groups is 1. The number of rotatable bonds is 5. The first-order chi connectivity index (χ1) is 5.16. The summed E-state index contributed by atoms with van der Waals surface area (Å²) in [5, 5.41) is 8.51. The summed E-state index contributed by atoms with van der Waals surface area (Å²) in [4.78, 5) is 0. The van der Waals surface area contributed by atoms with E-state index < -0.39 is 0 Å². The minimum Gasteiger partial charge on any atom is -0.396 e. The zero-order valence-corrected chi connectivity index (χ0v) is 7.88. The average molecular weight is 156 g/mol. The number of hydrogen-bond acceptors (Lipinski definition) is 1. The van der Waals surface area contributed by atoms with E-state index in [9.17, 15) is 0 Å². The zero-order valence-electron chi connectivity index (χ0n) is 7.88. The largest absolute Gasteiger partial charge is 0.396 e. The van der Waals surface area contributed by atoms with Crippen molar-refractivity contribution in [3.8, 4) is 0 Å². The molecule has 0 rings (SSSR count). The maximum absolute atomic E-state index is 8.51. The molecule has 0 aromatic carbocycles. The molecule has 1 N–H and O–H groups in total. The van der Waals surface area contributed by atoms with E-state index in [0.29, 0.717) is 5.92 Å². The molecule has 0 fully saturated rings. The molecule has 0 bridgehead atoms. The molecule has 11 heavy (non-hydrogen) atoms. The third-order valence-electron chi connectivity index (χ3n) is 1.60. The van der Waals surface area contributed by atoms with Crippen LogP contribution >= 0.6 is 0 Å². The lowest BCUT2D eigenvalue weighted by Crippen LogP contribution is -1.96. The smallest absolute Gasteiger partial charge is 0.0465 e. The maximum atomic E-state index is 8.51. The molecule has 0 saturated heterocycles. The van der Waals surface area contributed by atoms with Crippen LogP contribution in [0, 0.1) is 11.8 Å². The standard InChI is InChI=1S/C10H20O/c1-9(2)8-10(3)6-4-5-7-11/h4,6,9-11H,5,7-8H2,1-3H3/b6-4+/t10-/m1/s1. The van der Waals surface area contributed by atoms with Gasteiger partial charge in [-0.2, -0.15) is 0 Å². The van der Waals surface area contributed by atoms with Gasteiger partial charge >= 0.3 is 0 Å². The Morgan fingerprint density at radius 3 is 2.36 bits per heavy atom. The van der Waals surface area contributed by atoms with Gasteiger partial charge in [0.2, 0.25) is 0 Å². The molecule has 66 valence electrons. The fraction of sp³-hybridized carbons (Fsp3) is 0.800. The topological polar surface area (TPSA) is 20.2 Å². The van der Waals surface area contributed by atoms with Gasteiger partial charge in [0.25, 0.3) is 0 Å². The van der Waals surface area contributed by atoms with Crippen molar-refractivity contribution in [3.63, 3.8) is 0 Å². The van der Waals surface area contributed by atoms with Crippen LogP contribution in [0.15, 0.2) is 12.2 Å². The highest BCUT2D eigenvalue weighted by Gasteiger charge is 1.99. The van der Waals surface area contributed by atoms with E-state index in [-0.39, 0.29) is 6.61 Å². The van der Waals surface area contributed by atoms with Crippen molar-refractivity contribution in [2.24, 2.45) is 11.8 Å². The Labute approximate surface area is 70.1 Å². The normalized spacial score (nSPS) is 14.6. The molecule has 0 spiro atoms. The van der Waals surface area contributed by atoms with Crippen LogP contribution in [-0.2, 0) is 0 Å². The zero-order chi connectivity index (χ0) is 8.69. The van der Waals surface area contributed by atoms with Crippen LogP contribution < -0.4 is 0 Å². The van der Waals surface area contributed by atoms with Crippen molar-refractivity contribution in [3.05, 3.63) is 12.2 Å². The quantitative estimate of drug-likeness (QED) is 0.607. The summed E-state index contributed by atoms with van der Waals surface area (Å²) in [6.45, 7) is 6.95. The van der Waals surface area contributed by atoms with E-state index in [1.54, 1.807) is 0 Å². The summed E-state index contributed by atoms with van der Waals surface area (Å²) >= 11 is 0. The summed E-state index contributed by atoms with van der Waals surface area (Å²) in [5.41, 5.74) is 0. The van der Waals surface area contributed by atoms with Gasteiger partial charge in [-0.05, 0) is 24.7 Å². The minimum atomic E-state index is 0.269. The lowest BCUT2D eigenvalue weighted by molar-refractivity contribution is 0.302. The number of aliphatic hydroxyl groups excluding tert-OH is 1. The predicted octanol–water partition coefficient (Wildman–Crippen LogP) is 2.61. The Hall–Kier alpha value is -0.300. The van der Waals surface area contributed by atoms with E-state index >= 15 is 0 Å². The van der Waals surface area contributed by atoms with Gasteiger partial charge in [0.15, 0.2) is 0 Å². The summed E-state index contributed by atoms with van der Waals surface area (Å²) < 4.78 is 0. The highest BCUT2D eigenvalue weighted by molar-refractivity contribution is 4.86. The van der Waals surface area contributed by atoms with Gasteiger partial charge in [-0.15, -0.1) is 0 Å². The first-order valence-electron chi connectivity index (χ1n) is 4.44. The third-order valence-corrected chi connectivity index (χ3v) is 1.60. The van der Waals surface area contributed by atoms with Crippen molar-refractivity contribution in [2.75, 3.05) is 6.61 Å². The van der Waals surface area contributed by atoms with Crippen LogP contribution in [0.4, 0.5) is 0 Å². The molecule has 0 aliphatic carbocycles. The Balaban J connectivity index is 3.42. The molecular weight excluding hydrogens is 136 g/mol. The van der Waals surface area contributed by atoms with Gasteiger partial charge in [0.1, 0.15) is 0 Å². The van der Waals surface area contributed by atoms with Crippen LogP contribution in [-0.4, -0.2) is 11.7 Å². The van der Waals surface area contributed by atoms with Crippen molar-refractivity contribution < 1.29 is 5.11 Å². The molecule has 0 unspecified atom stereocenters. The second-order valence-corrected chi connectivity index (χ2v) is 3.55. The number of hydrogen-bond donors (Lipinski definition) is 1. The van der Waals surface area contributed by atoms with Crippen LogP contribution in [0.25, 0.3) is 0 Å². The minimum absolute atomic E-state index is 0.269. The van der Waals surface area contributed by atoms with E-state index in [2.05, 4.69) is 32.9 Å². The van der Waals surface area contributed by atoms with Crippen LogP contribution in [0.5, 0.6) is 0 Å². The molecule has 0 heterocycles. The van der Waals surface area contributed by atoms with Crippen molar-refractivity contribution in [1.82, 2.24) is 0 Å². The van der Waals surface area contributed by atoms with E-state index in [0.717, 1.165) is 12.3 Å². The van der Waals surface area contributed by atoms with E-state index in [1.165, 1.54) is 6.42 Å². The lowest BCUT2D eigenvalue weighted by atomic mass is 9.98. The molecule has 1 nitrogen and oxygen atoms in total. The second kappa shape index (κ2) is 6.41. The molecule has 0 amide bonds. The predicted molar refractivity (Wildman–Crippen MR) is 49.5 cm³/mol. The SMILES string of the molecule is CC(C)C[C@H](C)/C=C/CCO. The Bertz CT molecular complexity index is 105. The van der Waals surface area contributed by atoms with Crippen molar-refractivity contribution in [2.45, 2.75) is 33.6 Å². The van der Waals surface area contributed by atoms with E-state index in [4.69, 9.17) is 5.11 Å². The molecule has 0 radical (unpaired) electrons. The molecule has 0 aromatic rings. The van der Waals surface area contributed by atoms with Crippen molar-refractivity contribution in [1.29, 1.82) is 0 Å². The van der Waals surface area contributed by atoms with Crippen LogP contribution in [0.3, 0.4) is 0 Å². The Morgan fingerprint density at radius 2 is 1.91 bits per heavy atom. The second-order valence-electron chi connectivity index (χ2n) is 3.55. The Kier molecular flexibility index (Phi) is 6.24. The van der Waals surface area contributed by atoms with Crippen molar-refractivity contribution >= 4 is 0 Å². The monoisotopic (exact) mass is 156 g/mol. The molecular formula is C10H20O. The fourth-order valence-corrected chi connectivity index (χ4v) is 1.23. The fourth-order valence-electron chi connectivity index (χ4n) is 1.23. The lowest BCUT2D eigenvalue weighted by Gasteiger charge is -2.08. The highest BCUT2D eigenvalue weighted by atomic mass is 16.2. The molecule has 0 saturated carbocycles. The Morgan fingerprint density at radius 1 is 1.27 bits per heavy atom. The van der Waals surface area contributed by atoms with Gasteiger partial charge in [0, 0.05) is 6.61 Å². The average Bonchev–Trinajstić information content (AvgIpc) is 1.86. The van der Waals surface area contributed by atoms with Gasteiger partial charge < -0.3 is 5.11 Å². The van der Waals surface area contributed by atoms with Gasteiger partial charge in [0.05, 0.1) is 0 Å². The molecule has 0 aliphatic rings. The van der Waals surface area contributed by atoms with Crippen LogP contribution in [0.1, 0.15) is 33.6 Å². The first kappa shape index (κ1) is 10.7. The third kappa shape index (κ3) is 7.60. The summed E-state index contributed by atoms with van der Waals surface area (Å²) in [5.74, 6) is 1.42. The number of allylic oxidation sites excluding steroid dienone is 1. The summed E-state index contributed by atoms with van der Waals surface area (Å²) in [6, 6.07) is 0. The highest BCUT2D eigenvalue weighted by Crippen LogP contribution is 2.11. The van der Waals surface area contributed by atoms with Gasteiger partial charge in [-0.3, -0.25) is 0 Å². The molecule has 1 atom stereocenters. The van der Waals surface area contributed by atoms with Gasteiger partial charge in [-0.25, -0.2) is 0 Å². The summed E-state index contributed by atoms with van der Waals surface area (Å²) in [7, 11) is 0. The van der Waals surface area contributed by atoms with Crippen LogP contribution in [0.2, 0.25) is 0 Å². The molecule has 1 heteroatoms. The molecule has 0 aliphatic heterocycles. The van der Waals surface area contributed by atoms with Gasteiger partial charge in [-0.1, -0.05) is 32.9 Å². The first-order valence-corrected chi connectivity index (χ1v) is 4.44. The summed E-state index contributed by atoms with van der Waals surface area (Å²) in [6.07, 6.45) is 6.29. The van der Waals surface area contributed by atoms with E-state index in [1.807, 2.05) is 0 Å². The molecule has 0 aromatic heterocycles. The maximum Gasteiger partial charge on any atom is 0.0465 e.